The lowest BCUT2D eigenvalue weighted by atomic mass is 10.0. The van der Waals surface area contributed by atoms with E-state index in [1.165, 1.54) is 17.0 Å². The number of carbonyl (C=O) groups is 1. The molecule has 0 saturated heterocycles. The Balaban J connectivity index is 1.75. The second kappa shape index (κ2) is 9.82. The van der Waals surface area contributed by atoms with Gasteiger partial charge in [0, 0.05) is 55.3 Å². The van der Waals surface area contributed by atoms with Crippen molar-refractivity contribution < 1.29 is 28.2 Å². The molecular formula is C25H24F3N3O3. The first-order chi connectivity index (χ1) is 16.3. The van der Waals surface area contributed by atoms with Gasteiger partial charge in [0.15, 0.2) is 0 Å². The fraction of sp³-hybridized carbons (Fsp3) is 0.280. The fourth-order valence-corrected chi connectivity index (χ4v) is 4.07. The van der Waals surface area contributed by atoms with Crippen LogP contribution in [0.2, 0.25) is 0 Å². The highest BCUT2D eigenvalue weighted by atomic mass is 19.4. The molecule has 34 heavy (non-hydrogen) atoms. The second-order valence-corrected chi connectivity index (χ2v) is 8.00. The van der Waals surface area contributed by atoms with E-state index in [4.69, 9.17) is 0 Å². The molecule has 0 spiro atoms. The lowest BCUT2D eigenvalue weighted by Crippen LogP contribution is -2.35. The summed E-state index contributed by atoms with van der Waals surface area (Å²) in [5.74, 6) is -0.423. The van der Waals surface area contributed by atoms with E-state index in [9.17, 15) is 28.2 Å². The van der Waals surface area contributed by atoms with Gasteiger partial charge in [-0.25, -0.2) is 0 Å². The highest BCUT2D eigenvalue weighted by Gasteiger charge is 2.31. The van der Waals surface area contributed by atoms with Crippen LogP contribution in [0.4, 0.5) is 24.5 Å². The number of aliphatic hydroxyl groups is 2. The first-order valence-corrected chi connectivity index (χ1v) is 10.8. The van der Waals surface area contributed by atoms with Crippen LogP contribution in [-0.2, 0) is 23.9 Å². The summed E-state index contributed by atoms with van der Waals surface area (Å²) in [6, 6.07) is 16.1. The zero-order valence-corrected chi connectivity index (χ0v) is 18.3. The number of benzene rings is 2. The Morgan fingerprint density at radius 2 is 1.76 bits per heavy atom. The highest BCUT2D eigenvalue weighted by molar-refractivity contribution is 5.79. The summed E-state index contributed by atoms with van der Waals surface area (Å²) in [6.45, 7) is 0.263. The summed E-state index contributed by atoms with van der Waals surface area (Å²) in [5, 5.41) is 18.6. The number of halogens is 3. The molecule has 1 aromatic heterocycles. The van der Waals surface area contributed by atoms with Gasteiger partial charge in [-0.2, -0.15) is 13.2 Å². The number of aromatic nitrogens is 1. The molecule has 3 aromatic rings. The minimum Gasteiger partial charge on any atom is -0.396 e. The zero-order chi connectivity index (χ0) is 24.3. The van der Waals surface area contributed by atoms with Crippen LogP contribution in [0.1, 0.15) is 16.8 Å². The quantitative estimate of drug-likeness (QED) is 0.593. The number of hydrogen-bond acceptors (Lipinski definition) is 5. The normalized spacial score (nSPS) is 14.0. The van der Waals surface area contributed by atoms with Crippen molar-refractivity contribution in [2.24, 2.45) is 0 Å². The predicted octanol–water partition coefficient (Wildman–Crippen LogP) is 3.77. The van der Waals surface area contributed by atoms with E-state index >= 15 is 0 Å². The molecule has 0 bridgehead atoms. The van der Waals surface area contributed by atoms with Crippen molar-refractivity contribution in [2.75, 3.05) is 31.2 Å². The van der Waals surface area contributed by atoms with Crippen LogP contribution in [0, 0.1) is 0 Å². The Morgan fingerprint density at radius 1 is 1.00 bits per heavy atom. The number of nitrogens with zero attached hydrogens (tertiary/aromatic N) is 3. The Morgan fingerprint density at radius 3 is 2.44 bits per heavy atom. The summed E-state index contributed by atoms with van der Waals surface area (Å²) in [4.78, 5) is 20.3. The summed E-state index contributed by atoms with van der Waals surface area (Å²) < 4.78 is 39.1. The second-order valence-electron chi connectivity index (χ2n) is 8.00. The minimum atomic E-state index is -4.42. The number of hydrogen-bond donors (Lipinski definition) is 2. The SMILES string of the molecule is O=C(CO)N1CCN(c2ccc(C(F)(F)F)cc2)c2ccc(-c3cccc(CCO)n3)cc2C1. The molecule has 9 heteroatoms. The van der Waals surface area contributed by atoms with E-state index in [0.29, 0.717) is 30.9 Å². The van der Waals surface area contributed by atoms with Crippen molar-refractivity contribution in [3.8, 4) is 11.3 Å². The third-order valence-electron chi connectivity index (χ3n) is 5.79. The molecule has 1 amide bonds. The average molecular weight is 471 g/mol. The molecule has 1 aliphatic rings. The number of alkyl halides is 3. The van der Waals surface area contributed by atoms with Crippen molar-refractivity contribution in [3.63, 3.8) is 0 Å². The molecule has 4 rings (SSSR count). The van der Waals surface area contributed by atoms with Crippen molar-refractivity contribution in [3.05, 3.63) is 77.5 Å². The van der Waals surface area contributed by atoms with Crippen molar-refractivity contribution >= 4 is 17.3 Å². The van der Waals surface area contributed by atoms with Gasteiger partial charge in [-0.1, -0.05) is 12.1 Å². The van der Waals surface area contributed by atoms with Crippen LogP contribution < -0.4 is 4.90 Å². The summed E-state index contributed by atoms with van der Waals surface area (Å²) in [5.41, 5.74) is 3.66. The zero-order valence-electron chi connectivity index (χ0n) is 18.3. The van der Waals surface area contributed by atoms with E-state index in [1.807, 2.05) is 41.3 Å². The number of rotatable bonds is 5. The molecule has 6 nitrogen and oxygen atoms in total. The minimum absolute atomic E-state index is 0.0129. The Bertz CT molecular complexity index is 1170. The number of anilines is 2. The van der Waals surface area contributed by atoms with Gasteiger partial charge in [0.05, 0.1) is 11.3 Å². The summed E-state index contributed by atoms with van der Waals surface area (Å²) >= 11 is 0. The van der Waals surface area contributed by atoms with Crippen LogP contribution in [0.3, 0.4) is 0 Å². The molecule has 178 valence electrons. The third kappa shape index (κ3) is 5.05. The lowest BCUT2D eigenvalue weighted by molar-refractivity contribution is -0.137. The molecule has 0 radical (unpaired) electrons. The van der Waals surface area contributed by atoms with Crippen molar-refractivity contribution in [1.82, 2.24) is 9.88 Å². The van der Waals surface area contributed by atoms with Crippen LogP contribution in [-0.4, -0.2) is 52.3 Å². The largest absolute Gasteiger partial charge is 0.416 e. The number of aliphatic hydroxyl groups excluding tert-OH is 2. The Hall–Kier alpha value is -3.43. The molecule has 2 N–H and O–H groups in total. The Kier molecular flexibility index (Phi) is 6.85. The maximum atomic E-state index is 13.0. The average Bonchev–Trinajstić information content (AvgIpc) is 3.03. The van der Waals surface area contributed by atoms with Gasteiger partial charge in [-0.15, -0.1) is 0 Å². The molecule has 2 heterocycles. The first-order valence-electron chi connectivity index (χ1n) is 10.8. The monoisotopic (exact) mass is 471 g/mol. The molecule has 0 saturated carbocycles. The number of amides is 1. The van der Waals surface area contributed by atoms with E-state index < -0.39 is 24.3 Å². The maximum absolute atomic E-state index is 13.0. The molecule has 0 aliphatic carbocycles. The molecule has 2 aromatic carbocycles. The smallest absolute Gasteiger partial charge is 0.396 e. The van der Waals surface area contributed by atoms with Crippen LogP contribution >= 0.6 is 0 Å². The maximum Gasteiger partial charge on any atom is 0.416 e. The first kappa shape index (κ1) is 23.7. The molecular weight excluding hydrogens is 447 g/mol. The highest BCUT2D eigenvalue weighted by Crippen LogP contribution is 2.36. The lowest BCUT2D eigenvalue weighted by Gasteiger charge is -2.25. The van der Waals surface area contributed by atoms with Crippen molar-refractivity contribution in [2.45, 2.75) is 19.1 Å². The third-order valence-corrected chi connectivity index (χ3v) is 5.79. The number of fused-ring (bicyclic) bond motifs is 1. The molecule has 0 fully saturated rings. The predicted molar refractivity (Wildman–Crippen MR) is 121 cm³/mol. The van der Waals surface area contributed by atoms with Crippen molar-refractivity contribution in [1.29, 1.82) is 0 Å². The number of pyridine rings is 1. The van der Waals surface area contributed by atoms with Crippen LogP contribution in [0.25, 0.3) is 11.3 Å². The van der Waals surface area contributed by atoms with Gasteiger partial charge in [0.25, 0.3) is 0 Å². The Labute approximate surface area is 194 Å². The topological polar surface area (TPSA) is 76.9 Å². The van der Waals surface area contributed by atoms with E-state index in [2.05, 4.69) is 4.98 Å². The molecule has 0 unspecified atom stereocenters. The van der Waals surface area contributed by atoms with Gasteiger partial charge in [-0.3, -0.25) is 9.78 Å². The standard InChI is InChI=1S/C25H24F3N3O3/c26-25(27,28)19-5-7-21(8-6-19)31-12-11-30(24(34)16-33)15-18-14-17(4-9-23(18)31)22-3-1-2-20(29-22)10-13-32/h1-9,14,32-33H,10-13,15-16H2. The van der Waals surface area contributed by atoms with E-state index in [1.54, 1.807) is 0 Å². The van der Waals surface area contributed by atoms with Gasteiger partial charge in [0.2, 0.25) is 5.91 Å². The van der Waals surface area contributed by atoms with Crippen LogP contribution in [0.15, 0.2) is 60.7 Å². The van der Waals surface area contributed by atoms with Gasteiger partial charge < -0.3 is 20.0 Å². The fourth-order valence-electron chi connectivity index (χ4n) is 4.07. The van der Waals surface area contributed by atoms with Gasteiger partial charge >= 0.3 is 6.18 Å². The molecule has 0 atom stereocenters. The van der Waals surface area contributed by atoms with Crippen LogP contribution in [0.5, 0.6) is 0 Å². The molecule has 1 aliphatic heterocycles. The summed E-state index contributed by atoms with van der Waals surface area (Å²) in [7, 11) is 0. The van der Waals surface area contributed by atoms with Gasteiger partial charge in [0.1, 0.15) is 6.61 Å². The van der Waals surface area contributed by atoms with Gasteiger partial charge in [-0.05, 0) is 54.1 Å². The number of carbonyl (C=O) groups excluding carboxylic acids is 1. The summed E-state index contributed by atoms with van der Waals surface area (Å²) in [6.07, 6.45) is -3.99. The van der Waals surface area contributed by atoms with E-state index in [0.717, 1.165) is 34.6 Å². The van der Waals surface area contributed by atoms with E-state index in [-0.39, 0.29) is 13.2 Å².